The summed E-state index contributed by atoms with van der Waals surface area (Å²) in [6.07, 6.45) is 16.4. The third kappa shape index (κ3) is 3.02. The van der Waals surface area contributed by atoms with Crippen molar-refractivity contribution in [1.82, 2.24) is 45.4 Å². The summed E-state index contributed by atoms with van der Waals surface area (Å²) in [7, 11) is 0. The monoisotopic (exact) mass is 565 g/mol. The fourth-order valence-electron chi connectivity index (χ4n) is 6.12. The van der Waals surface area contributed by atoms with Gasteiger partial charge in [0.25, 0.3) is 0 Å². The summed E-state index contributed by atoms with van der Waals surface area (Å²) in [5, 5.41) is 18.6. The first kappa shape index (κ1) is 23.3. The van der Waals surface area contributed by atoms with Crippen molar-refractivity contribution < 1.29 is 13.5 Å². The number of aromatic nitrogens is 9. The minimum Gasteiger partial charge on any atom is -0.431 e. The van der Waals surface area contributed by atoms with Gasteiger partial charge in [-0.15, -0.1) is 16.4 Å². The third-order valence-corrected chi connectivity index (χ3v) is 8.36. The quantitative estimate of drug-likeness (QED) is 0.287. The largest absolute Gasteiger partial charge is 0.431 e. The van der Waals surface area contributed by atoms with Crippen molar-refractivity contribution in [1.29, 1.82) is 0 Å². The van der Waals surface area contributed by atoms with Gasteiger partial charge in [-0.2, -0.15) is 0 Å². The molecular formula is C26H19N11O3S. The van der Waals surface area contributed by atoms with E-state index >= 15 is 0 Å². The molecule has 8 rings (SSSR count). The van der Waals surface area contributed by atoms with Crippen LogP contribution < -0.4 is 10.0 Å². The summed E-state index contributed by atoms with van der Waals surface area (Å²) in [6.45, 7) is 0. The molecule has 0 bridgehead atoms. The Balaban J connectivity index is 1.65. The molecule has 0 spiro atoms. The smallest absolute Gasteiger partial charge is 0.317 e. The molecule has 7 aromatic heterocycles. The number of hydrogen-bond donors (Lipinski definition) is 2. The predicted octanol–water partition coefficient (Wildman–Crippen LogP) is 3.86. The molecule has 0 radical (unpaired) electrons. The van der Waals surface area contributed by atoms with Crippen LogP contribution in [-0.4, -0.2) is 45.4 Å². The number of aromatic amines is 2. The number of thiophene rings is 1. The average molecular weight is 566 g/mol. The second kappa shape index (κ2) is 8.99. The Morgan fingerprint density at radius 2 is 1.93 bits per heavy atom. The molecule has 15 heteroatoms. The Bertz CT molecular complexity index is 1770. The minimum atomic E-state index is -1.26. The first-order valence-corrected chi connectivity index (χ1v) is 13.3. The van der Waals surface area contributed by atoms with Crippen LogP contribution in [-0.2, 0) is 11.0 Å². The summed E-state index contributed by atoms with van der Waals surface area (Å²) in [4.78, 5) is 26.8. The number of H-pyrrole nitrogens is 2. The molecule has 2 N–H and O–H groups in total. The fourth-order valence-corrected chi connectivity index (χ4v) is 7.10. The molecule has 1 saturated heterocycles. The van der Waals surface area contributed by atoms with Crippen molar-refractivity contribution in [3.8, 4) is 0 Å². The molecule has 3 unspecified atom stereocenters. The lowest BCUT2D eigenvalue weighted by Gasteiger charge is -2.46. The second-order valence-corrected chi connectivity index (χ2v) is 10.1. The highest BCUT2D eigenvalue weighted by Gasteiger charge is 2.76. The second-order valence-electron chi connectivity index (χ2n) is 9.17. The molecule has 0 saturated carbocycles. The molecule has 8 heterocycles. The number of nitrogens with zero attached hydrogens (tertiary/aromatic N) is 9. The lowest BCUT2D eigenvalue weighted by Crippen LogP contribution is -2.58. The fraction of sp³-hybridized carbons (Fsp3) is 0.115. The predicted molar refractivity (Wildman–Crippen MR) is 142 cm³/mol. The van der Waals surface area contributed by atoms with Crippen molar-refractivity contribution in [3.63, 3.8) is 0 Å². The summed E-state index contributed by atoms with van der Waals surface area (Å²) >= 11 is 1.56. The van der Waals surface area contributed by atoms with E-state index in [1.54, 1.807) is 54.6 Å². The lowest BCUT2D eigenvalue weighted by molar-refractivity contribution is 0.303. The molecule has 1 fully saturated rings. The van der Waals surface area contributed by atoms with E-state index in [-0.39, 0.29) is 6.01 Å². The number of hydrogen-bond acceptors (Lipinski definition) is 13. The van der Waals surface area contributed by atoms with Gasteiger partial charge in [0.05, 0.1) is 11.9 Å². The zero-order chi connectivity index (χ0) is 27.3. The number of oxazole rings is 1. The number of hydrazine groups is 1. The van der Waals surface area contributed by atoms with Gasteiger partial charge in [-0.25, -0.2) is 20.0 Å². The zero-order valence-electron chi connectivity index (χ0n) is 21.0. The maximum Gasteiger partial charge on any atom is 0.317 e. The van der Waals surface area contributed by atoms with Crippen LogP contribution in [0.2, 0.25) is 0 Å². The molecule has 1 aliphatic rings. The van der Waals surface area contributed by atoms with Crippen molar-refractivity contribution in [2.45, 2.75) is 17.0 Å². The summed E-state index contributed by atoms with van der Waals surface area (Å²) < 4.78 is 16.8. The Hall–Kier alpha value is -5.57. The molecule has 14 nitrogen and oxygen atoms in total. The molecule has 41 heavy (non-hydrogen) atoms. The van der Waals surface area contributed by atoms with Crippen LogP contribution in [0.5, 0.6) is 0 Å². The minimum absolute atomic E-state index is 0.255. The van der Waals surface area contributed by atoms with Crippen LogP contribution in [0.4, 0.5) is 11.8 Å². The van der Waals surface area contributed by atoms with Gasteiger partial charge in [-0.05, 0) is 23.6 Å². The highest BCUT2D eigenvalue weighted by Crippen LogP contribution is 2.67. The molecule has 0 aromatic carbocycles. The van der Waals surface area contributed by atoms with Gasteiger partial charge in [0.1, 0.15) is 41.8 Å². The number of anilines is 2. The van der Waals surface area contributed by atoms with Gasteiger partial charge < -0.3 is 23.4 Å². The van der Waals surface area contributed by atoms with E-state index in [1.807, 2.05) is 39.8 Å². The number of imidazole rings is 1. The van der Waals surface area contributed by atoms with Crippen LogP contribution in [0, 0.1) is 0 Å². The SMILES string of the molecule is c1c[nH]c(C2(c3cccs3)N(c3ccon3)N(c3ncco3)C(c3conn3)C2(c2cnccn2)c2ncc[nH]2)c1. The first-order chi connectivity index (χ1) is 20.4. The van der Waals surface area contributed by atoms with E-state index in [1.165, 1.54) is 18.8 Å². The standard InChI is InChI=1S/C26H19N11O3S/c1-3-18(28-6-1)26(20-4-2-14-41-20)25(23-30-9-10-31-23,19-15-27-7-8-29-19)22(17-16-40-35-33-17)36(24-32-11-13-38-24)37(26)21-5-12-39-34-21/h1-16,22,28H,(H,30,31). The maximum absolute atomic E-state index is 6.01. The zero-order valence-corrected chi connectivity index (χ0v) is 21.8. The van der Waals surface area contributed by atoms with Gasteiger partial charge in [-0.1, -0.05) is 11.2 Å². The van der Waals surface area contributed by atoms with E-state index in [9.17, 15) is 0 Å². The normalized spacial score (nSPS) is 22.5. The van der Waals surface area contributed by atoms with Crippen LogP contribution in [0.3, 0.4) is 0 Å². The van der Waals surface area contributed by atoms with Crippen molar-refractivity contribution in [2.75, 3.05) is 10.0 Å². The highest BCUT2D eigenvalue weighted by molar-refractivity contribution is 7.10. The van der Waals surface area contributed by atoms with Crippen molar-refractivity contribution in [2.24, 2.45) is 0 Å². The molecule has 0 aliphatic carbocycles. The summed E-state index contributed by atoms with van der Waals surface area (Å²) in [5.41, 5.74) is -0.627. The molecular weight excluding hydrogens is 546 g/mol. The maximum atomic E-state index is 6.01. The molecule has 202 valence electrons. The van der Waals surface area contributed by atoms with Gasteiger partial charge in [0.2, 0.25) is 0 Å². The van der Waals surface area contributed by atoms with E-state index in [4.69, 9.17) is 23.4 Å². The first-order valence-electron chi connectivity index (χ1n) is 12.5. The van der Waals surface area contributed by atoms with Gasteiger partial charge in [-0.3, -0.25) is 9.97 Å². The van der Waals surface area contributed by atoms with E-state index in [0.717, 1.165) is 10.6 Å². The Labute approximate surface area is 234 Å². The third-order valence-electron chi connectivity index (χ3n) is 7.38. The molecule has 7 aromatic rings. The Morgan fingerprint density at radius 1 is 0.927 bits per heavy atom. The van der Waals surface area contributed by atoms with Crippen LogP contribution in [0.1, 0.15) is 33.8 Å². The van der Waals surface area contributed by atoms with Crippen LogP contribution in [0.15, 0.2) is 111 Å². The summed E-state index contributed by atoms with van der Waals surface area (Å²) in [6, 6.07) is 9.25. The van der Waals surface area contributed by atoms with E-state index < -0.39 is 17.0 Å². The van der Waals surface area contributed by atoms with Crippen molar-refractivity contribution in [3.05, 3.63) is 126 Å². The van der Waals surface area contributed by atoms with Crippen LogP contribution in [0.25, 0.3) is 0 Å². The van der Waals surface area contributed by atoms with Gasteiger partial charge >= 0.3 is 6.01 Å². The highest BCUT2D eigenvalue weighted by atomic mass is 32.1. The Morgan fingerprint density at radius 3 is 2.59 bits per heavy atom. The van der Waals surface area contributed by atoms with Crippen molar-refractivity contribution >= 4 is 23.2 Å². The van der Waals surface area contributed by atoms with Gasteiger partial charge in [0, 0.05) is 59.1 Å². The number of rotatable bonds is 7. The molecule has 1 aliphatic heterocycles. The van der Waals surface area contributed by atoms with Gasteiger partial charge in [0.15, 0.2) is 11.4 Å². The Kier molecular flexibility index (Phi) is 5.11. The topological polar surface area (TPSA) is 168 Å². The van der Waals surface area contributed by atoms with E-state index in [0.29, 0.717) is 23.0 Å². The van der Waals surface area contributed by atoms with Crippen LogP contribution >= 0.6 is 11.3 Å². The lowest BCUT2D eigenvalue weighted by atomic mass is 9.60. The average Bonchev–Trinajstić information content (AvgIpc) is 3.86. The van der Waals surface area contributed by atoms with E-state index in [2.05, 4.69) is 41.5 Å². The molecule has 0 amide bonds. The molecule has 3 atom stereocenters. The summed E-state index contributed by atoms with van der Waals surface area (Å²) in [5.74, 6) is 1.03. The number of nitrogens with one attached hydrogen (secondary N) is 2.